The second-order valence-electron chi connectivity index (χ2n) is 4.95. The molecule has 1 fully saturated rings. The van der Waals surface area contributed by atoms with Gasteiger partial charge in [-0.1, -0.05) is 12.1 Å². The number of para-hydroxylation sites is 2. The summed E-state index contributed by atoms with van der Waals surface area (Å²) in [5, 5.41) is 0. The van der Waals surface area contributed by atoms with E-state index in [4.69, 9.17) is 4.74 Å². The molecule has 1 aromatic carbocycles. The SMILES string of the molecule is CC1CN(Cc2nc3ccccc3[nH]c2=O)CCO1. The van der Waals surface area contributed by atoms with Crippen molar-refractivity contribution >= 4 is 11.0 Å². The lowest BCUT2D eigenvalue weighted by atomic mass is 10.2. The largest absolute Gasteiger partial charge is 0.376 e. The van der Waals surface area contributed by atoms with E-state index >= 15 is 0 Å². The highest BCUT2D eigenvalue weighted by Crippen LogP contribution is 2.10. The second kappa shape index (κ2) is 5.11. The van der Waals surface area contributed by atoms with Gasteiger partial charge in [-0.25, -0.2) is 4.98 Å². The molecule has 0 radical (unpaired) electrons. The van der Waals surface area contributed by atoms with Crippen LogP contribution in [0.1, 0.15) is 12.6 Å². The van der Waals surface area contributed by atoms with Crippen LogP contribution in [0.15, 0.2) is 29.1 Å². The summed E-state index contributed by atoms with van der Waals surface area (Å²) in [5.74, 6) is 0. The van der Waals surface area contributed by atoms with Crippen LogP contribution in [-0.4, -0.2) is 40.7 Å². The van der Waals surface area contributed by atoms with Gasteiger partial charge in [-0.05, 0) is 19.1 Å². The molecular weight excluding hydrogens is 242 g/mol. The Labute approximate surface area is 111 Å². The number of benzene rings is 1. The summed E-state index contributed by atoms with van der Waals surface area (Å²) in [6, 6.07) is 7.60. The molecule has 100 valence electrons. The third kappa shape index (κ3) is 2.67. The maximum absolute atomic E-state index is 12.0. The number of fused-ring (bicyclic) bond motifs is 1. The van der Waals surface area contributed by atoms with Crippen LogP contribution in [0.25, 0.3) is 11.0 Å². The summed E-state index contributed by atoms with van der Waals surface area (Å²) in [4.78, 5) is 21.6. The first-order valence-corrected chi connectivity index (χ1v) is 6.54. The predicted octanol–water partition coefficient (Wildman–Crippen LogP) is 1.14. The topological polar surface area (TPSA) is 58.2 Å². The van der Waals surface area contributed by atoms with Crippen LogP contribution < -0.4 is 5.56 Å². The Kier molecular flexibility index (Phi) is 3.31. The Morgan fingerprint density at radius 2 is 2.32 bits per heavy atom. The van der Waals surface area contributed by atoms with E-state index in [1.54, 1.807) is 0 Å². The third-order valence-corrected chi connectivity index (χ3v) is 3.37. The molecule has 0 bridgehead atoms. The summed E-state index contributed by atoms with van der Waals surface area (Å²) < 4.78 is 5.50. The summed E-state index contributed by atoms with van der Waals surface area (Å²) >= 11 is 0. The molecule has 0 amide bonds. The molecule has 1 N–H and O–H groups in total. The molecule has 1 aliphatic rings. The van der Waals surface area contributed by atoms with Crippen molar-refractivity contribution in [2.24, 2.45) is 0 Å². The summed E-state index contributed by atoms with van der Waals surface area (Å²) in [6.07, 6.45) is 0.216. The van der Waals surface area contributed by atoms with Gasteiger partial charge in [0.2, 0.25) is 0 Å². The van der Waals surface area contributed by atoms with E-state index in [0.717, 1.165) is 24.1 Å². The van der Waals surface area contributed by atoms with Gasteiger partial charge in [-0.3, -0.25) is 9.69 Å². The molecule has 3 rings (SSSR count). The van der Waals surface area contributed by atoms with Crippen molar-refractivity contribution in [1.29, 1.82) is 0 Å². The molecule has 0 aliphatic carbocycles. The van der Waals surface area contributed by atoms with Crippen molar-refractivity contribution in [3.8, 4) is 0 Å². The third-order valence-electron chi connectivity index (χ3n) is 3.37. The molecule has 1 atom stereocenters. The van der Waals surface area contributed by atoms with Crippen LogP contribution in [0.5, 0.6) is 0 Å². The number of hydrogen-bond acceptors (Lipinski definition) is 4. The maximum Gasteiger partial charge on any atom is 0.271 e. The minimum absolute atomic E-state index is 0.0992. The standard InChI is InChI=1S/C14H17N3O2/c1-10-8-17(6-7-19-10)9-13-14(18)16-12-5-3-2-4-11(12)15-13/h2-5,10H,6-9H2,1H3,(H,16,18). The number of hydrogen-bond donors (Lipinski definition) is 1. The summed E-state index contributed by atoms with van der Waals surface area (Å²) in [6.45, 7) is 5.02. The zero-order valence-electron chi connectivity index (χ0n) is 10.9. The zero-order chi connectivity index (χ0) is 13.2. The Morgan fingerprint density at radius 1 is 1.47 bits per heavy atom. The lowest BCUT2D eigenvalue weighted by molar-refractivity contribution is -0.0216. The lowest BCUT2D eigenvalue weighted by Crippen LogP contribution is -2.41. The van der Waals surface area contributed by atoms with Crippen molar-refractivity contribution in [2.75, 3.05) is 19.7 Å². The Balaban J connectivity index is 1.88. The first-order valence-electron chi connectivity index (χ1n) is 6.54. The fourth-order valence-electron chi connectivity index (χ4n) is 2.42. The molecule has 2 heterocycles. The van der Waals surface area contributed by atoms with Gasteiger partial charge in [-0.2, -0.15) is 0 Å². The predicted molar refractivity (Wildman–Crippen MR) is 73.1 cm³/mol. The minimum atomic E-state index is -0.0992. The molecule has 1 unspecified atom stereocenters. The maximum atomic E-state index is 12.0. The van der Waals surface area contributed by atoms with Crippen molar-refractivity contribution in [3.05, 3.63) is 40.3 Å². The first kappa shape index (κ1) is 12.3. The van der Waals surface area contributed by atoms with E-state index < -0.39 is 0 Å². The van der Waals surface area contributed by atoms with Gasteiger partial charge < -0.3 is 9.72 Å². The van der Waals surface area contributed by atoms with E-state index in [1.807, 2.05) is 31.2 Å². The number of H-pyrrole nitrogens is 1. The van der Waals surface area contributed by atoms with Gasteiger partial charge in [-0.15, -0.1) is 0 Å². The molecule has 1 aliphatic heterocycles. The average molecular weight is 259 g/mol. The minimum Gasteiger partial charge on any atom is -0.376 e. The summed E-state index contributed by atoms with van der Waals surface area (Å²) in [7, 11) is 0. The molecule has 5 nitrogen and oxygen atoms in total. The Hall–Kier alpha value is -1.72. The van der Waals surface area contributed by atoms with Crippen LogP contribution in [0.4, 0.5) is 0 Å². The highest BCUT2D eigenvalue weighted by atomic mass is 16.5. The van der Waals surface area contributed by atoms with Gasteiger partial charge in [0.05, 0.1) is 23.7 Å². The molecule has 1 saturated heterocycles. The van der Waals surface area contributed by atoms with E-state index in [9.17, 15) is 4.79 Å². The fourth-order valence-corrected chi connectivity index (χ4v) is 2.42. The Bertz CT molecular complexity index is 638. The number of morpholine rings is 1. The normalized spacial score (nSPS) is 20.8. The quantitative estimate of drug-likeness (QED) is 0.878. The molecular formula is C14H17N3O2. The number of nitrogens with zero attached hydrogens (tertiary/aromatic N) is 2. The van der Waals surface area contributed by atoms with Gasteiger partial charge in [0, 0.05) is 19.6 Å². The van der Waals surface area contributed by atoms with E-state index in [1.165, 1.54) is 0 Å². The summed E-state index contributed by atoms with van der Waals surface area (Å²) in [5.41, 5.74) is 2.09. The van der Waals surface area contributed by atoms with Crippen molar-refractivity contribution in [3.63, 3.8) is 0 Å². The van der Waals surface area contributed by atoms with Crippen LogP contribution in [0.2, 0.25) is 0 Å². The van der Waals surface area contributed by atoms with Gasteiger partial charge in [0.25, 0.3) is 5.56 Å². The highest BCUT2D eigenvalue weighted by Gasteiger charge is 2.18. The average Bonchev–Trinajstić information content (AvgIpc) is 2.40. The van der Waals surface area contributed by atoms with Crippen molar-refractivity contribution < 1.29 is 4.74 Å². The highest BCUT2D eigenvalue weighted by molar-refractivity contribution is 5.73. The second-order valence-corrected chi connectivity index (χ2v) is 4.95. The molecule has 0 spiro atoms. The van der Waals surface area contributed by atoms with Gasteiger partial charge in [0.1, 0.15) is 5.69 Å². The first-order chi connectivity index (χ1) is 9.22. The van der Waals surface area contributed by atoms with Crippen molar-refractivity contribution in [1.82, 2.24) is 14.9 Å². The zero-order valence-corrected chi connectivity index (χ0v) is 10.9. The number of rotatable bonds is 2. The van der Waals surface area contributed by atoms with Gasteiger partial charge in [0.15, 0.2) is 0 Å². The van der Waals surface area contributed by atoms with E-state index in [0.29, 0.717) is 18.8 Å². The lowest BCUT2D eigenvalue weighted by Gasteiger charge is -2.30. The smallest absolute Gasteiger partial charge is 0.271 e. The molecule has 1 aromatic heterocycles. The Morgan fingerprint density at radius 3 is 3.16 bits per heavy atom. The number of nitrogens with one attached hydrogen (secondary N) is 1. The number of ether oxygens (including phenoxy) is 1. The van der Waals surface area contributed by atoms with Gasteiger partial charge >= 0.3 is 0 Å². The van der Waals surface area contributed by atoms with Crippen LogP contribution in [-0.2, 0) is 11.3 Å². The van der Waals surface area contributed by atoms with E-state index in [2.05, 4.69) is 14.9 Å². The van der Waals surface area contributed by atoms with Crippen LogP contribution in [0.3, 0.4) is 0 Å². The molecule has 19 heavy (non-hydrogen) atoms. The number of aromatic nitrogens is 2. The van der Waals surface area contributed by atoms with E-state index in [-0.39, 0.29) is 11.7 Å². The molecule has 0 saturated carbocycles. The van der Waals surface area contributed by atoms with Crippen molar-refractivity contribution in [2.45, 2.75) is 19.6 Å². The fraction of sp³-hybridized carbons (Fsp3) is 0.429. The number of aromatic amines is 1. The molecule has 5 heteroatoms. The monoisotopic (exact) mass is 259 g/mol. The molecule has 2 aromatic rings. The van der Waals surface area contributed by atoms with Crippen LogP contribution in [0, 0.1) is 0 Å². The van der Waals surface area contributed by atoms with Crippen LogP contribution >= 0.6 is 0 Å².